The lowest BCUT2D eigenvalue weighted by atomic mass is 10.2. The summed E-state index contributed by atoms with van der Waals surface area (Å²) in [7, 11) is 1.60. The van der Waals surface area contributed by atoms with Crippen LogP contribution in [-0.2, 0) is 13.0 Å². The first-order chi connectivity index (χ1) is 14.7. The van der Waals surface area contributed by atoms with Crippen molar-refractivity contribution in [2.45, 2.75) is 19.9 Å². The maximum absolute atomic E-state index is 12.5. The highest BCUT2D eigenvalue weighted by molar-refractivity contribution is 5.92. The topological polar surface area (TPSA) is 108 Å². The molecule has 0 bridgehead atoms. The van der Waals surface area contributed by atoms with Crippen molar-refractivity contribution in [2.75, 3.05) is 7.11 Å². The Morgan fingerprint density at radius 3 is 2.80 bits per heavy atom. The van der Waals surface area contributed by atoms with Gasteiger partial charge in [-0.25, -0.2) is 9.97 Å². The van der Waals surface area contributed by atoms with E-state index in [9.17, 15) is 4.79 Å². The summed E-state index contributed by atoms with van der Waals surface area (Å²) >= 11 is 0. The Labute approximate surface area is 172 Å². The van der Waals surface area contributed by atoms with Gasteiger partial charge < -0.3 is 14.6 Å². The number of methoxy groups -OCH3 is 1. The predicted molar refractivity (Wildman–Crippen MR) is 108 cm³/mol. The van der Waals surface area contributed by atoms with Gasteiger partial charge in [-0.3, -0.25) is 9.36 Å². The Bertz CT molecular complexity index is 1150. The van der Waals surface area contributed by atoms with Crippen LogP contribution in [0.3, 0.4) is 0 Å². The van der Waals surface area contributed by atoms with Gasteiger partial charge in [0.1, 0.15) is 23.6 Å². The third-order valence-corrected chi connectivity index (χ3v) is 4.49. The summed E-state index contributed by atoms with van der Waals surface area (Å²) in [5.74, 6) is 2.12. The maximum Gasteiger partial charge on any atom is 0.271 e. The molecule has 0 radical (unpaired) electrons. The lowest BCUT2D eigenvalue weighted by Crippen LogP contribution is -2.23. The zero-order valence-corrected chi connectivity index (χ0v) is 16.6. The summed E-state index contributed by atoms with van der Waals surface area (Å²) in [6.45, 7) is 2.30. The molecule has 30 heavy (non-hydrogen) atoms. The van der Waals surface area contributed by atoms with Crippen LogP contribution >= 0.6 is 0 Å². The first-order valence-electron chi connectivity index (χ1n) is 9.41. The molecule has 9 heteroatoms. The fourth-order valence-electron chi connectivity index (χ4n) is 2.86. The normalized spacial score (nSPS) is 10.7. The SMILES string of the molecule is CCc1noc(-c2ccc(-n3cnc(C(=O)NCc4ccccc4OC)c3)nc2)n1. The van der Waals surface area contributed by atoms with E-state index < -0.39 is 0 Å². The summed E-state index contributed by atoms with van der Waals surface area (Å²) in [4.78, 5) is 25.3. The minimum Gasteiger partial charge on any atom is -0.496 e. The third kappa shape index (κ3) is 4.04. The molecule has 4 rings (SSSR count). The number of hydrogen-bond acceptors (Lipinski definition) is 7. The van der Waals surface area contributed by atoms with E-state index in [1.165, 1.54) is 0 Å². The minimum absolute atomic E-state index is 0.283. The number of pyridine rings is 1. The smallest absolute Gasteiger partial charge is 0.271 e. The van der Waals surface area contributed by atoms with Crippen LogP contribution in [0.15, 0.2) is 59.6 Å². The highest BCUT2D eigenvalue weighted by Crippen LogP contribution is 2.18. The minimum atomic E-state index is -0.283. The zero-order chi connectivity index (χ0) is 20.9. The fraction of sp³-hybridized carbons (Fsp3) is 0.190. The molecule has 1 amide bonds. The Morgan fingerprint density at radius 1 is 1.20 bits per heavy atom. The van der Waals surface area contributed by atoms with Gasteiger partial charge in [0.15, 0.2) is 5.82 Å². The van der Waals surface area contributed by atoms with Crippen LogP contribution in [0.1, 0.15) is 28.8 Å². The average Bonchev–Trinajstić information content (AvgIpc) is 3.48. The van der Waals surface area contributed by atoms with Crippen LogP contribution in [-0.4, -0.2) is 37.7 Å². The van der Waals surface area contributed by atoms with Crippen molar-refractivity contribution in [3.05, 3.63) is 72.2 Å². The van der Waals surface area contributed by atoms with Crippen molar-refractivity contribution in [2.24, 2.45) is 0 Å². The maximum atomic E-state index is 12.5. The second-order valence-corrected chi connectivity index (χ2v) is 6.44. The Morgan fingerprint density at radius 2 is 2.07 bits per heavy atom. The van der Waals surface area contributed by atoms with Crippen LogP contribution in [0.5, 0.6) is 5.75 Å². The molecular weight excluding hydrogens is 384 g/mol. The van der Waals surface area contributed by atoms with E-state index in [1.54, 1.807) is 36.5 Å². The Balaban J connectivity index is 1.43. The van der Waals surface area contributed by atoms with Crippen LogP contribution in [0.4, 0.5) is 0 Å². The summed E-state index contributed by atoms with van der Waals surface area (Å²) in [5.41, 5.74) is 1.90. The molecule has 0 spiro atoms. The van der Waals surface area contributed by atoms with Gasteiger partial charge in [0.25, 0.3) is 11.8 Å². The van der Waals surface area contributed by atoms with Gasteiger partial charge in [0.05, 0.1) is 12.7 Å². The number of amides is 1. The van der Waals surface area contributed by atoms with Crippen LogP contribution < -0.4 is 10.1 Å². The summed E-state index contributed by atoms with van der Waals surface area (Å²) in [6, 6.07) is 11.1. The van der Waals surface area contributed by atoms with Gasteiger partial charge in [-0.15, -0.1) is 0 Å². The highest BCUT2D eigenvalue weighted by Gasteiger charge is 2.13. The van der Waals surface area contributed by atoms with E-state index in [2.05, 4.69) is 25.4 Å². The molecule has 0 aliphatic heterocycles. The van der Waals surface area contributed by atoms with Crippen molar-refractivity contribution in [3.8, 4) is 23.0 Å². The number of aromatic nitrogens is 5. The molecule has 1 aromatic carbocycles. The molecule has 3 aromatic heterocycles. The number of nitrogens with zero attached hydrogens (tertiary/aromatic N) is 5. The lowest BCUT2D eigenvalue weighted by molar-refractivity contribution is 0.0946. The van der Waals surface area contributed by atoms with E-state index in [0.29, 0.717) is 36.2 Å². The van der Waals surface area contributed by atoms with Gasteiger partial charge in [-0.1, -0.05) is 30.3 Å². The molecular formula is C21H20N6O3. The van der Waals surface area contributed by atoms with Gasteiger partial charge in [-0.05, 0) is 18.2 Å². The molecule has 0 atom stereocenters. The fourth-order valence-corrected chi connectivity index (χ4v) is 2.86. The summed E-state index contributed by atoms with van der Waals surface area (Å²) < 4.78 is 12.2. The number of rotatable bonds is 7. The second kappa shape index (κ2) is 8.56. The number of nitrogens with one attached hydrogen (secondary N) is 1. The van der Waals surface area contributed by atoms with Crippen LogP contribution in [0, 0.1) is 0 Å². The largest absolute Gasteiger partial charge is 0.496 e. The number of ether oxygens (including phenoxy) is 1. The molecule has 0 unspecified atom stereocenters. The summed E-state index contributed by atoms with van der Waals surface area (Å²) in [5, 5.41) is 6.73. The van der Waals surface area contributed by atoms with E-state index >= 15 is 0 Å². The van der Waals surface area contributed by atoms with Crippen molar-refractivity contribution in [3.63, 3.8) is 0 Å². The number of benzene rings is 1. The molecule has 0 aliphatic rings. The number of carbonyl (C=O) groups is 1. The molecule has 3 heterocycles. The monoisotopic (exact) mass is 404 g/mol. The Hall–Kier alpha value is -4.01. The summed E-state index contributed by atoms with van der Waals surface area (Å²) in [6.07, 6.45) is 5.51. The first-order valence-corrected chi connectivity index (χ1v) is 9.41. The lowest BCUT2D eigenvalue weighted by Gasteiger charge is -2.08. The molecule has 9 nitrogen and oxygen atoms in total. The van der Waals surface area contributed by atoms with E-state index in [0.717, 1.165) is 16.9 Å². The van der Waals surface area contributed by atoms with Crippen LogP contribution in [0.25, 0.3) is 17.3 Å². The molecule has 4 aromatic rings. The van der Waals surface area contributed by atoms with E-state index in [1.807, 2.05) is 37.3 Å². The molecule has 0 saturated carbocycles. The van der Waals surface area contributed by atoms with Gasteiger partial charge >= 0.3 is 0 Å². The highest BCUT2D eigenvalue weighted by atomic mass is 16.5. The molecule has 0 saturated heterocycles. The van der Waals surface area contributed by atoms with Gasteiger partial charge in [0.2, 0.25) is 0 Å². The standard InChI is InChI=1S/C21H20N6O3/c1-3-18-25-21(30-26-18)15-8-9-19(22-11-15)27-12-16(24-13-27)20(28)23-10-14-6-4-5-7-17(14)29-2/h4-9,11-13H,3,10H2,1-2H3,(H,23,28). The molecule has 0 aliphatic carbocycles. The third-order valence-electron chi connectivity index (χ3n) is 4.49. The Kier molecular flexibility index (Phi) is 5.51. The molecule has 1 N–H and O–H groups in total. The number of para-hydroxylation sites is 1. The number of imidazole rings is 1. The van der Waals surface area contributed by atoms with E-state index in [4.69, 9.17) is 9.26 Å². The predicted octanol–water partition coefficient (Wildman–Crippen LogP) is 2.82. The zero-order valence-electron chi connectivity index (χ0n) is 16.6. The molecule has 0 fully saturated rings. The quantitative estimate of drug-likeness (QED) is 0.504. The number of carbonyl (C=O) groups excluding carboxylic acids is 1. The van der Waals surface area contributed by atoms with E-state index in [-0.39, 0.29) is 5.91 Å². The van der Waals surface area contributed by atoms with Crippen molar-refractivity contribution in [1.82, 2.24) is 30.0 Å². The molecule has 152 valence electrons. The van der Waals surface area contributed by atoms with Gasteiger partial charge in [0, 0.05) is 30.9 Å². The number of aryl methyl sites for hydroxylation is 1. The van der Waals surface area contributed by atoms with Crippen molar-refractivity contribution < 1.29 is 14.1 Å². The average molecular weight is 404 g/mol. The van der Waals surface area contributed by atoms with Crippen molar-refractivity contribution >= 4 is 5.91 Å². The number of hydrogen-bond donors (Lipinski definition) is 1. The second-order valence-electron chi connectivity index (χ2n) is 6.44. The first kappa shape index (κ1) is 19.3. The van der Waals surface area contributed by atoms with Gasteiger partial charge in [-0.2, -0.15) is 4.98 Å². The van der Waals surface area contributed by atoms with Crippen molar-refractivity contribution in [1.29, 1.82) is 0 Å². The van der Waals surface area contributed by atoms with Crippen LogP contribution in [0.2, 0.25) is 0 Å².